The van der Waals surface area contributed by atoms with Crippen molar-refractivity contribution in [3.8, 4) is 0 Å². The molecule has 1 N–H and O–H groups in total. The molecular weight excluding hydrogens is 200 g/mol. The minimum absolute atomic E-state index is 0.464. The third kappa shape index (κ3) is 9.50. The standard InChI is InChI=1S/C14H24O2/c1-3-4-5-6-7-8-9-10-11-12-13(2)14(15)16/h3,12H,1,4-11H2,2H3,(H,15,16). The molecule has 2 heteroatoms. The molecule has 2 nitrogen and oxygen atoms in total. The SMILES string of the molecule is C=CCCCCCCCCC=C(C)C(=O)O. The second kappa shape index (κ2) is 10.5. The van der Waals surface area contributed by atoms with Crippen LogP contribution in [0.4, 0.5) is 0 Å². The summed E-state index contributed by atoms with van der Waals surface area (Å²) in [6, 6.07) is 0. The van der Waals surface area contributed by atoms with Crippen LogP contribution in [0.1, 0.15) is 58.3 Å². The molecule has 0 heterocycles. The number of carboxylic acid groups (broad SMARTS) is 1. The Morgan fingerprint density at radius 3 is 2.06 bits per heavy atom. The Bertz CT molecular complexity index is 229. The van der Waals surface area contributed by atoms with E-state index < -0.39 is 5.97 Å². The van der Waals surface area contributed by atoms with Crippen molar-refractivity contribution in [3.05, 3.63) is 24.3 Å². The van der Waals surface area contributed by atoms with Gasteiger partial charge < -0.3 is 5.11 Å². The molecule has 0 fully saturated rings. The maximum atomic E-state index is 10.5. The molecule has 16 heavy (non-hydrogen) atoms. The molecule has 0 radical (unpaired) electrons. The van der Waals surface area contributed by atoms with Crippen molar-refractivity contribution in [2.45, 2.75) is 58.3 Å². The van der Waals surface area contributed by atoms with E-state index >= 15 is 0 Å². The molecule has 0 atom stereocenters. The van der Waals surface area contributed by atoms with Gasteiger partial charge in [-0.1, -0.05) is 37.8 Å². The zero-order valence-corrected chi connectivity index (χ0v) is 10.4. The van der Waals surface area contributed by atoms with E-state index in [2.05, 4.69) is 6.58 Å². The Kier molecular flexibility index (Phi) is 9.78. The van der Waals surface area contributed by atoms with E-state index in [1.165, 1.54) is 32.1 Å². The normalized spacial score (nSPS) is 11.4. The first-order valence-corrected chi connectivity index (χ1v) is 6.19. The summed E-state index contributed by atoms with van der Waals surface area (Å²) in [7, 11) is 0. The molecule has 0 aromatic carbocycles. The number of allylic oxidation sites excluding steroid dienone is 2. The van der Waals surface area contributed by atoms with E-state index in [0.717, 1.165) is 19.3 Å². The number of hydrogen-bond donors (Lipinski definition) is 1. The lowest BCUT2D eigenvalue weighted by molar-refractivity contribution is -0.132. The Balaban J connectivity index is 3.24. The highest BCUT2D eigenvalue weighted by molar-refractivity contribution is 5.85. The summed E-state index contributed by atoms with van der Waals surface area (Å²) in [5.41, 5.74) is 0.464. The number of aliphatic carboxylic acids is 1. The molecule has 0 unspecified atom stereocenters. The molecule has 0 saturated carbocycles. The molecule has 0 bridgehead atoms. The minimum atomic E-state index is -0.801. The highest BCUT2D eigenvalue weighted by Crippen LogP contribution is 2.09. The van der Waals surface area contributed by atoms with Gasteiger partial charge in [-0.25, -0.2) is 4.79 Å². The van der Waals surface area contributed by atoms with Crippen molar-refractivity contribution < 1.29 is 9.90 Å². The summed E-state index contributed by atoms with van der Waals surface area (Å²) >= 11 is 0. The van der Waals surface area contributed by atoms with Crippen LogP contribution in [0.15, 0.2) is 24.3 Å². The fourth-order valence-electron chi connectivity index (χ4n) is 1.55. The van der Waals surface area contributed by atoms with E-state index in [0.29, 0.717) is 5.57 Å². The van der Waals surface area contributed by atoms with Crippen molar-refractivity contribution in [1.82, 2.24) is 0 Å². The molecule has 0 aromatic rings. The van der Waals surface area contributed by atoms with Crippen molar-refractivity contribution in [1.29, 1.82) is 0 Å². The zero-order chi connectivity index (χ0) is 12.2. The summed E-state index contributed by atoms with van der Waals surface area (Å²) in [4.78, 5) is 10.5. The van der Waals surface area contributed by atoms with Crippen LogP contribution in [0.3, 0.4) is 0 Å². The molecule has 0 spiro atoms. The first-order valence-electron chi connectivity index (χ1n) is 6.19. The second-order valence-corrected chi connectivity index (χ2v) is 4.18. The summed E-state index contributed by atoms with van der Waals surface area (Å²) in [5, 5.41) is 8.63. The predicted octanol–water partition coefficient (Wildman–Crippen LogP) is 4.32. The van der Waals surface area contributed by atoms with Gasteiger partial charge in [0.25, 0.3) is 0 Å². The first-order chi connectivity index (χ1) is 7.68. The Morgan fingerprint density at radius 2 is 1.56 bits per heavy atom. The van der Waals surface area contributed by atoms with Gasteiger partial charge in [-0.15, -0.1) is 6.58 Å². The molecule has 0 aliphatic carbocycles. The maximum Gasteiger partial charge on any atom is 0.330 e. The highest BCUT2D eigenvalue weighted by Gasteiger charge is 1.97. The van der Waals surface area contributed by atoms with Crippen molar-refractivity contribution in [2.75, 3.05) is 0 Å². The molecule has 0 aromatic heterocycles. The van der Waals surface area contributed by atoms with Crippen molar-refractivity contribution >= 4 is 5.97 Å². The van der Waals surface area contributed by atoms with Gasteiger partial charge in [0.15, 0.2) is 0 Å². The molecule has 0 amide bonds. The van der Waals surface area contributed by atoms with E-state index in [1.54, 1.807) is 6.92 Å². The summed E-state index contributed by atoms with van der Waals surface area (Å²) < 4.78 is 0. The lowest BCUT2D eigenvalue weighted by Crippen LogP contribution is -1.95. The van der Waals surface area contributed by atoms with Crippen LogP contribution in [0.5, 0.6) is 0 Å². The van der Waals surface area contributed by atoms with E-state index in [1.807, 2.05) is 12.2 Å². The van der Waals surface area contributed by atoms with E-state index in [9.17, 15) is 4.79 Å². The van der Waals surface area contributed by atoms with Crippen LogP contribution >= 0.6 is 0 Å². The number of hydrogen-bond acceptors (Lipinski definition) is 1. The van der Waals surface area contributed by atoms with Crippen molar-refractivity contribution in [3.63, 3.8) is 0 Å². The van der Waals surface area contributed by atoms with Gasteiger partial charge in [-0.3, -0.25) is 0 Å². The van der Waals surface area contributed by atoms with Gasteiger partial charge in [-0.05, 0) is 32.6 Å². The van der Waals surface area contributed by atoms with Gasteiger partial charge in [-0.2, -0.15) is 0 Å². The molecule has 0 aliphatic rings. The van der Waals surface area contributed by atoms with Gasteiger partial charge >= 0.3 is 5.97 Å². The monoisotopic (exact) mass is 224 g/mol. The fourth-order valence-corrected chi connectivity index (χ4v) is 1.55. The lowest BCUT2D eigenvalue weighted by Gasteiger charge is -1.99. The third-order valence-electron chi connectivity index (χ3n) is 2.65. The van der Waals surface area contributed by atoms with E-state index in [4.69, 9.17) is 5.11 Å². The lowest BCUT2D eigenvalue weighted by atomic mass is 10.1. The zero-order valence-electron chi connectivity index (χ0n) is 10.4. The van der Waals surface area contributed by atoms with Crippen LogP contribution in [-0.4, -0.2) is 11.1 Å². The average Bonchev–Trinajstić information content (AvgIpc) is 2.26. The van der Waals surface area contributed by atoms with Crippen LogP contribution in [0.25, 0.3) is 0 Å². The minimum Gasteiger partial charge on any atom is -0.478 e. The molecular formula is C14H24O2. The van der Waals surface area contributed by atoms with Gasteiger partial charge in [0.1, 0.15) is 0 Å². The van der Waals surface area contributed by atoms with Gasteiger partial charge in [0.05, 0.1) is 0 Å². The summed E-state index contributed by atoms with van der Waals surface area (Å²) in [5.74, 6) is -0.801. The summed E-state index contributed by atoms with van der Waals surface area (Å²) in [6.45, 7) is 5.35. The van der Waals surface area contributed by atoms with Crippen LogP contribution in [0, 0.1) is 0 Å². The van der Waals surface area contributed by atoms with E-state index in [-0.39, 0.29) is 0 Å². The third-order valence-corrected chi connectivity index (χ3v) is 2.65. The maximum absolute atomic E-state index is 10.5. The van der Waals surface area contributed by atoms with Crippen LogP contribution in [0.2, 0.25) is 0 Å². The van der Waals surface area contributed by atoms with Gasteiger partial charge in [0.2, 0.25) is 0 Å². The first kappa shape index (κ1) is 14.9. The van der Waals surface area contributed by atoms with Gasteiger partial charge in [0, 0.05) is 5.57 Å². The van der Waals surface area contributed by atoms with Crippen LogP contribution < -0.4 is 0 Å². The quantitative estimate of drug-likeness (QED) is 0.341. The Labute approximate surface area is 99.1 Å². The highest BCUT2D eigenvalue weighted by atomic mass is 16.4. The fraction of sp³-hybridized carbons (Fsp3) is 0.643. The Morgan fingerprint density at radius 1 is 1.06 bits per heavy atom. The van der Waals surface area contributed by atoms with Crippen LogP contribution in [-0.2, 0) is 4.79 Å². The largest absolute Gasteiger partial charge is 0.478 e. The Hall–Kier alpha value is -1.05. The number of carbonyl (C=O) groups is 1. The molecule has 0 aliphatic heterocycles. The van der Waals surface area contributed by atoms with Crippen molar-refractivity contribution in [2.24, 2.45) is 0 Å². The topological polar surface area (TPSA) is 37.3 Å². The summed E-state index contributed by atoms with van der Waals surface area (Å²) in [6.07, 6.45) is 13.2. The molecule has 0 saturated heterocycles. The number of rotatable bonds is 10. The second-order valence-electron chi connectivity index (χ2n) is 4.18. The number of carboxylic acids is 1. The average molecular weight is 224 g/mol. The predicted molar refractivity (Wildman–Crippen MR) is 68.5 cm³/mol. The number of unbranched alkanes of at least 4 members (excludes halogenated alkanes) is 7. The smallest absolute Gasteiger partial charge is 0.330 e. The molecule has 92 valence electrons. The molecule has 0 rings (SSSR count).